The Morgan fingerprint density at radius 3 is 2.65 bits per heavy atom. The highest BCUT2D eigenvalue weighted by Crippen LogP contribution is 2.20. The first-order valence-electron chi connectivity index (χ1n) is 6.14. The van der Waals surface area contributed by atoms with Crippen LogP contribution in [0.5, 0.6) is 0 Å². The zero-order valence-corrected chi connectivity index (χ0v) is 12.1. The molecule has 8 heteroatoms. The van der Waals surface area contributed by atoms with Crippen molar-refractivity contribution in [1.82, 2.24) is 0 Å². The Kier molecular flexibility index (Phi) is 5.78. The molecule has 0 fully saturated rings. The van der Waals surface area contributed by atoms with Crippen LogP contribution < -0.4 is 16.2 Å². The maximum absolute atomic E-state index is 11.5. The van der Waals surface area contributed by atoms with Gasteiger partial charge in [0, 0.05) is 6.54 Å². The molecule has 1 aromatic rings. The van der Waals surface area contributed by atoms with Crippen LogP contribution in [0.3, 0.4) is 0 Å². The molecule has 0 radical (unpaired) electrons. The largest absolute Gasteiger partial charge is 0.462 e. The Labute approximate surface area is 118 Å². The Hall–Kier alpha value is -1.80. The third-order valence-electron chi connectivity index (χ3n) is 2.48. The van der Waals surface area contributed by atoms with Crippen LogP contribution in [-0.4, -0.2) is 33.3 Å². The lowest BCUT2D eigenvalue weighted by Gasteiger charge is -2.10. The van der Waals surface area contributed by atoms with Gasteiger partial charge in [-0.1, -0.05) is 0 Å². The number of benzene rings is 1. The predicted molar refractivity (Wildman–Crippen MR) is 77.9 cm³/mol. The molecule has 0 saturated heterocycles. The number of anilines is 2. The predicted octanol–water partition coefficient (Wildman–Crippen LogP) is 0.536. The topological polar surface area (TPSA) is 125 Å². The van der Waals surface area contributed by atoms with Crippen molar-refractivity contribution in [1.29, 1.82) is 0 Å². The van der Waals surface area contributed by atoms with E-state index in [1.807, 2.05) is 0 Å². The zero-order valence-electron chi connectivity index (χ0n) is 11.3. The van der Waals surface area contributed by atoms with Crippen LogP contribution in [0.1, 0.15) is 23.7 Å². The lowest BCUT2D eigenvalue weighted by atomic mass is 10.1. The standard InChI is InChI=1S/C12H19N3O4S/c1-2-19-12(16)9-4-5-11(10(13)8-9)15-6-3-7-20(14,17)18/h4-5,8,15H,2-3,6-7,13H2,1H3,(H2,14,17,18). The van der Waals surface area contributed by atoms with Gasteiger partial charge in [0.1, 0.15) is 0 Å². The lowest BCUT2D eigenvalue weighted by Crippen LogP contribution is -2.19. The van der Waals surface area contributed by atoms with E-state index in [-0.39, 0.29) is 5.75 Å². The van der Waals surface area contributed by atoms with Crippen molar-refractivity contribution in [3.63, 3.8) is 0 Å². The van der Waals surface area contributed by atoms with Gasteiger partial charge in [-0.05, 0) is 31.5 Å². The molecule has 0 heterocycles. The first kappa shape index (κ1) is 16.3. The molecule has 0 amide bonds. The first-order valence-corrected chi connectivity index (χ1v) is 7.86. The molecule has 1 rings (SSSR count). The summed E-state index contributed by atoms with van der Waals surface area (Å²) in [5.74, 6) is -0.527. The average molecular weight is 301 g/mol. The molecule has 0 aliphatic rings. The summed E-state index contributed by atoms with van der Waals surface area (Å²) in [5, 5.41) is 7.88. The smallest absolute Gasteiger partial charge is 0.338 e. The first-order chi connectivity index (χ1) is 9.33. The summed E-state index contributed by atoms with van der Waals surface area (Å²) in [6, 6.07) is 4.76. The fraction of sp³-hybridized carbons (Fsp3) is 0.417. The molecule has 0 aliphatic carbocycles. The number of carbonyl (C=O) groups excluding carboxylic acids is 1. The molecule has 0 bridgehead atoms. The number of nitrogens with one attached hydrogen (secondary N) is 1. The molecule has 112 valence electrons. The molecule has 20 heavy (non-hydrogen) atoms. The van der Waals surface area contributed by atoms with Crippen molar-refractivity contribution in [3.05, 3.63) is 23.8 Å². The van der Waals surface area contributed by atoms with Crippen molar-refractivity contribution in [2.24, 2.45) is 5.14 Å². The van der Waals surface area contributed by atoms with Gasteiger partial charge in [0.25, 0.3) is 0 Å². The van der Waals surface area contributed by atoms with E-state index in [2.05, 4.69) is 5.32 Å². The summed E-state index contributed by atoms with van der Waals surface area (Å²) in [6.45, 7) is 2.44. The second kappa shape index (κ2) is 7.11. The number of sulfonamides is 1. The molecule has 7 nitrogen and oxygen atoms in total. The van der Waals surface area contributed by atoms with Gasteiger partial charge in [0.15, 0.2) is 0 Å². The summed E-state index contributed by atoms with van der Waals surface area (Å²) >= 11 is 0. The van der Waals surface area contributed by atoms with Crippen LogP contribution in [0.2, 0.25) is 0 Å². The fourth-order valence-electron chi connectivity index (χ4n) is 1.56. The van der Waals surface area contributed by atoms with Crippen LogP contribution in [0, 0.1) is 0 Å². The highest BCUT2D eigenvalue weighted by atomic mass is 32.2. The fourth-order valence-corrected chi connectivity index (χ4v) is 2.11. The number of hydrogen-bond acceptors (Lipinski definition) is 6. The summed E-state index contributed by atoms with van der Waals surface area (Å²) < 4.78 is 26.4. The Bertz CT molecular complexity index is 572. The van der Waals surface area contributed by atoms with Crippen molar-refractivity contribution in [2.75, 3.05) is 30.0 Å². The molecule has 0 aromatic heterocycles. The monoisotopic (exact) mass is 301 g/mol. The van der Waals surface area contributed by atoms with Gasteiger partial charge in [-0.25, -0.2) is 18.4 Å². The van der Waals surface area contributed by atoms with Crippen LogP contribution in [0.4, 0.5) is 11.4 Å². The third kappa shape index (κ3) is 5.45. The normalized spacial score (nSPS) is 11.1. The molecule has 1 aromatic carbocycles. The molecular weight excluding hydrogens is 282 g/mol. The second-order valence-corrected chi connectivity index (χ2v) is 5.90. The average Bonchev–Trinajstić information content (AvgIpc) is 2.35. The molecule has 0 saturated carbocycles. The van der Waals surface area contributed by atoms with Crippen LogP contribution in [0.25, 0.3) is 0 Å². The molecule has 5 N–H and O–H groups in total. The molecule has 0 spiro atoms. The number of esters is 1. The minimum absolute atomic E-state index is 0.0964. The van der Waals surface area contributed by atoms with Gasteiger partial charge >= 0.3 is 5.97 Å². The molecular formula is C12H19N3O4S. The number of primary sulfonamides is 1. The number of nitrogens with two attached hydrogens (primary N) is 2. The summed E-state index contributed by atoms with van der Waals surface area (Å²) in [6.07, 6.45) is 0.373. The summed E-state index contributed by atoms with van der Waals surface area (Å²) in [5.41, 5.74) is 7.21. The summed E-state index contributed by atoms with van der Waals surface area (Å²) in [7, 11) is -3.45. The van der Waals surface area contributed by atoms with Crippen LogP contribution >= 0.6 is 0 Å². The van der Waals surface area contributed by atoms with Crippen molar-refractivity contribution in [3.8, 4) is 0 Å². The van der Waals surface area contributed by atoms with Gasteiger partial charge in [-0.2, -0.15) is 0 Å². The van der Waals surface area contributed by atoms with E-state index < -0.39 is 16.0 Å². The van der Waals surface area contributed by atoms with E-state index in [0.717, 1.165) is 0 Å². The van der Waals surface area contributed by atoms with Crippen molar-refractivity contribution < 1.29 is 17.9 Å². The molecule has 0 unspecified atom stereocenters. The minimum atomic E-state index is -3.45. The summed E-state index contributed by atoms with van der Waals surface area (Å²) in [4.78, 5) is 11.5. The minimum Gasteiger partial charge on any atom is -0.462 e. The molecule has 0 atom stereocenters. The van der Waals surface area contributed by atoms with E-state index >= 15 is 0 Å². The third-order valence-corrected chi connectivity index (χ3v) is 3.34. The number of rotatable bonds is 7. The van der Waals surface area contributed by atoms with Crippen molar-refractivity contribution >= 4 is 27.4 Å². The highest BCUT2D eigenvalue weighted by Gasteiger charge is 2.09. The highest BCUT2D eigenvalue weighted by molar-refractivity contribution is 7.89. The number of nitrogen functional groups attached to an aromatic ring is 1. The van der Waals surface area contributed by atoms with E-state index in [1.54, 1.807) is 19.1 Å². The van der Waals surface area contributed by atoms with Gasteiger partial charge in [0.2, 0.25) is 10.0 Å². The van der Waals surface area contributed by atoms with E-state index in [1.165, 1.54) is 6.07 Å². The quantitative estimate of drug-likeness (QED) is 0.383. The van der Waals surface area contributed by atoms with E-state index in [4.69, 9.17) is 15.6 Å². The maximum Gasteiger partial charge on any atom is 0.338 e. The zero-order chi connectivity index (χ0) is 15.2. The number of ether oxygens (including phenoxy) is 1. The Morgan fingerprint density at radius 1 is 1.40 bits per heavy atom. The van der Waals surface area contributed by atoms with Gasteiger partial charge < -0.3 is 15.8 Å². The maximum atomic E-state index is 11.5. The van der Waals surface area contributed by atoms with Gasteiger partial charge in [-0.15, -0.1) is 0 Å². The van der Waals surface area contributed by atoms with Crippen LogP contribution in [0.15, 0.2) is 18.2 Å². The van der Waals surface area contributed by atoms with E-state index in [0.29, 0.717) is 36.5 Å². The Morgan fingerprint density at radius 2 is 2.10 bits per heavy atom. The molecule has 0 aliphatic heterocycles. The van der Waals surface area contributed by atoms with Crippen LogP contribution in [-0.2, 0) is 14.8 Å². The number of hydrogen-bond donors (Lipinski definition) is 3. The second-order valence-electron chi connectivity index (χ2n) is 4.17. The van der Waals surface area contributed by atoms with Gasteiger partial charge in [-0.3, -0.25) is 0 Å². The SMILES string of the molecule is CCOC(=O)c1ccc(NCCCS(N)(=O)=O)c(N)c1. The van der Waals surface area contributed by atoms with E-state index in [9.17, 15) is 13.2 Å². The lowest BCUT2D eigenvalue weighted by molar-refractivity contribution is 0.0526. The van der Waals surface area contributed by atoms with Crippen molar-refractivity contribution in [2.45, 2.75) is 13.3 Å². The Balaban J connectivity index is 2.58. The van der Waals surface area contributed by atoms with Gasteiger partial charge in [0.05, 0.1) is 29.3 Å². The number of carbonyl (C=O) groups is 1.